The van der Waals surface area contributed by atoms with E-state index >= 15 is 0 Å². The molecule has 2 N–H and O–H groups in total. The molecule has 0 aliphatic carbocycles. The fraction of sp³-hybridized carbons (Fsp3) is 0.250. The molecule has 0 radical (unpaired) electrons. The maximum Gasteiger partial charge on any atom is 0.325 e. The lowest BCUT2D eigenvalue weighted by Gasteiger charge is -2.36. The summed E-state index contributed by atoms with van der Waals surface area (Å²) < 4.78 is 0.776. The molecule has 2 aromatic rings. The average molecular weight is 509 g/mol. The number of benzene rings is 2. The Bertz CT molecular complexity index is 1090. The van der Waals surface area contributed by atoms with Gasteiger partial charge in [-0.2, -0.15) is 5.10 Å². The van der Waals surface area contributed by atoms with Crippen LogP contribution in [0.4, 0.5) is 4.79 Å². The van der Waals surface area contributed by atoms with Gasteiger partial charge in [0.25, 0.3) is 5.91 Å². The van der Waals surface area contributed by atoms with Gasteiger partial charge in [0.15, 0.2) is 12.2 Å². The topological polar surface area (TPSA) is 89.4 Å². The van der Waals surface area contributed by atoms with E-state index in [2.05, 4.69) is 48.9 Å². The van der Waals surface area contributed by atoms with Crippen LogP contribution in [0, 0.1) is 0 Å². The van der Waals surface area contributed by atoms with Crippen LogP contribution in [0.1, 0.15) is 17.5 Å². The van der Waals surface area contributed by atoms with Crippen molar-refractivity contribution in [3.63, 3.8) is 0 Å². The molecule has 0 bridgehead atoms. The van der Waals surface area contributed by atoms with E-state index in [0.717, 1.165) is 22.9 Å². The van der Waals surface area contributed by atoms with E-state index in [1.165, 1.54) is 10.5 Å². The van der Waals surface area contributed by atoms with Gasteiger partial charge in [-0.1, -0.05) is 60.7 Å². The highest BCUT2D eigenvalue weighted by Crippen LogP contribution is 2.24. The normalized spacial score (nSPS) is 20.7. The molecule has 2 aromatic carbocycles. The number of hydrogen-bond donors (Lipinski definition) is 2. The van der Waals surface area contributed by atoms with Crippen LogP contribution in [0.2, 0.25) is 0 Å². The second-order valence-electron chi connectivity index (χ2n) is 7.81. The molecule has 3 amide bonds. The van der Waals surface area contributed by atoms with Crippen LogP contribution in [0.15, 0.2) is 75.2 Å². The maximum absolute atomic E-state index is 12.6. The fourth-order valence-corrected chi connectivity index (χ4v) is 4.23. The molecule has 1 fully saturated rings. The SMILES string of the molecule is CN1C(=O)NC(=O)C2C1N=C(N/N=C/C(Br)=C\c1ccccc1)N2CCCc1ccccc1. The summed E-state index contributed by atoms with van der Waals surface area (Å²) in [6.45, 7) is 0.591. The van der Waals surface area contributed by atoms with E-state index in [-0.39, 0.29) is 5.91 Å². The number of fused-ring (bicyclic) bond motifs is 1. The Hall–Kier alpha value is -3.46. The largest absolute Gasteiger partial charge is 0.326 e. The van der Waals surface area contributed by atoms with Gasteiger partial charge < -0.3 is 9.80 Å². The van der Waals surface area contributed by atoms with Crippen LogP contribution in [0.25, 0.3) is 6.08 Å². The summed E-state index contributed by atoms with van der Waals surface area (Å²) in [5.41, 5.74) is 5.24. The Balaban J connectivity index is 1.47. The smallest absolute Gasteiger partial charge is 0.325 e. The fourth-order valence-electron chi connectivity index (χ4n) is 3.86. The number of hydrazone groups is 1. The maximum atomic E-state index is 12.6. The molecule has 2 atom stereocenters. The monoisotopic (exact) mass is 508 g/mol. The van der Waals surface area contributed by atoms with E-state index in [1.807, 2.05) is 59.5 Å². The number of likely N-dealkylation sites (N-methyl/N-ethyl adjacent to an activating group) is 1. The van der Waals surface area contributed by atoms with E-state index in [0.29, 0.717) is 12.5 Å². The van der Waals surface area contributed by atoms with Crippen molar-refractivity contribution in [1.29, 1.82) is 0 Å². The van der Waals surface area contributed by atoms with Crippen LogP contribution >= 0.6 is 15.9 Å². The summed E-state index contributed by atoms with van der Waals surface area (Å²) in [6.07, 6.45) is 4.67. The molecule has 33 heavy (non-hydrogen) atoms. The van der Waals surface area contributed by atoms with Gasteiger partial charge in [-0.25, -0.2) is 15.2 Å². The molecule has 0 saturated carbocycles. The molecule has 0 aromatic heterocycles. The number of hydrogen-bond acceptors (Lipinski definition) is 6. The highest BCUT2D eigenvalue weighted by atomic mass is 79.9. The zero-order chi connectivity index (χ0) is 23.2. The highest BCUT2D eigenvalue weighted by molar-refractivity contribution is 9.12. The molecule has 2 aliphatic rings. The zero-order valence-corrected chi connectivity index (χ0v) is 19.8. The number of carbonyl (C=O) groups is 2. The van der Waals surface area contributed by atoms with Gasteiger partial charge in [0.05, 0.1) is 6.21 Å². The number of allylic oxidation sites excluding steroid dienone is 1. The standard InChI is InChI=1S/C24H25BrN6O2/c1-30-21-20(22(32)28-24(30)33)31(14-8-13-17-9-4-2-5-10-17)23(27-21)29-26-16-19(25)15-18-11-6-3-7-12-18/h2-7,9-12,15-16,20-21H,8,13-14H2,1H3,(H,27,29)(H,28,32,33)/b19-15+,26-16+. The summed E-state index contributed by atoms with van der Waals surface area (Å²) in [6, 6.07) is 19.0. The van der Waals surface area contributed by atoms with Crippen molar-refractivity contribution in [2.75, 3.05) is 13.6 Å². The highest BCUT2D eigenvalue weighted by Gasteiger charge is 2.48. The molecule has 0 spiro atoms. The lowest BCUT2D eigenvalue weighted by Crippen LogP contribution is -2.64. The molecule has 8 nitrogen and oxygen atoms in total. The molecule has 2 unspecified atom stereocenters. The van der Waals surface area contributed by atoms with Crippen molar-refractivity contribution in [2.24, 2.45) is 10.1 Å². The summed E-state index contributed by atoms with van der Waals surface area (Å²) in [5.74, 6) is 0.114. The first kappa shape index (κ1) is 22.7. The number of amides is 3. The van der Waals surface area contributed by atoms with Gasteiger partial charge in [0, 0.05) is 18.1 Å². The van der Waals surface area contributed by atoms with E-state index in [9.17, 15) is 9.59 Å². The average Bonchev–Trinajstić information content (AvgIpc) is 3.18. The summed E-state index contributed by atoms with van der Waals surface area (Å²) in [5, 5.41) is 6.71. The van der Waals surface area contributed by atoms with Crippen LogP contribution in [-0.2, 0) is 11.2 Å². The third kappa shape index (κ3) is 5.48. The first-order valence-electron chi connectivity index (χ1n) is 10.7. The van der Waals surface area contributed by atoms with Gasteiger partial charge in [-0.05, 0) is 46.0 Å². The predicted molar refractivity (Wildman–Crippen MR) is 133 cm³/mol. The van der Waals surface area contributed by atoms with Crippen LogP contribution in [-0.4, -0.2) is 59.7 Å². The number of guanidine groups is 1. The molecule has 1 saturated heterocycles. The molecule has 2 heterocycles. The lowest BCUT2D eigenvalue weighted by molar-refractivity contribution is -0.127. The quantitative estimate of drug-likeness (QED) is 0.444. The van der Waals surface area contributed by atoms with Gasteiger partial charge in [0.2, 0.25) is 5.96 Å². The number of rotatable bonds is 7. The van der Waals surface area contributed by atoms with Gasteiger partial charge >= 0.3 is 6.03 Å². The van der Waals surface area contributed by atoms with Crippen LogP contribution < -0.4 is 10.7 Å². The zero-order valence-electron chi connectivity index (χ0n) is 18.2. The molecule has 170 valence electrons. The molecular formula is C24H25BrN6O2. The first-order valence-corrected chi connectivity index (χ1v) is 11.5. The number of aryl methyl sites for hydroxylation is 1. The Kier molecular flexibility index (Phi) is 7.19. The Labute approximate surface area is 201 Å². The van der Waals surface area contributed by atoms with E-state index < -0.39 is 18.2 Å². The summed E-state index contributed by atoms with van der Waals surface area (Å²) in [4.78, 5) is 32.7. The Morgan fingerprint density at radius 2 is 1.85 bits per heavy atom. The Morgan fingerprint density at radius 3 is 2.58 bits per heavy atom. The number of nitrogens with zero attached hydrogens (tertiary/aromatic N) is 4. The van der Waals surface area contributed by atoms with Crippen molar-refractivity contribution in [3.05, 3.63) is 76.3 Å². The van der Waals surface area contributed by atoms with E-state index in [4.69, 9.17) is 0 Å². The van der Waals surface area contributed by atoms with Gasteiger partial charge in [-0.3, -0.25) is 10.1 Å². The number of nitrogens with one attached hydrogen (secondary N) is 2. The minimum atomic E-state index is -0.594. The van der Waals surface area contributed by atoms with Crippen molar-refractivity contribution in [1.82, 2.24) is 20.5 Å². The van der Waals surface area contributed by atoms with Crippen molar-refractivity contribution < 1.29 is 9.59 Å². The van der Waals surface area contributed by atoms with Crippen LogP contribution in [0.3, 0.4) is 0 Å². The number of aliphatic imine (C=N–C) groups is 1. The van der Waals surface area contributed by atoms with Crippen molar-refractivity contribution in [3.8, 4) is 0 Å². The molecule has 9 heteroatoms. The Morgan fingerprint density at radius 1 is 1.15 bits per heavy atom. The van der Waals surface area contributed by atoms with Gasteiger partial charge in [0.1, 0.15) is 0 Å². The molecule has 2 aliphatic heterocycles. The second-order valence-corrected chi connectivity index (χ2v) is 8.72. The number of carbonyl (C=O) groups excluding carboxylic acids is 2. The number of halogens is 1. The third-order valence-corrected chi connectivity index (χ3v) is 5.96. The number of imide groups is 1. The van der Waals surface area contributed by atoms with Gasteiger partial charge in [-0.15, -0.1) is 0 Å². The summed E-state index contributed by atoms with van der Waals surface area (Å²) in [7, 11) is 1.64. The lowest BCUT2D eigenvalue weighted by atomic mass is 10.1. The number of urea groups is 1. The first-order chi connectivity index (χ1) is 16.0. The third-order valence-electron chi connectivity index (χ3n) is 5.52. The second kappa shape index (κ2) is 10.4. The predicted octanol–water partition coefficient (Wildman–Crippen LogP) is 3.18. The van der Waals surface area contributed by atoms with E-state index in [1.54, 1.807) is 13.3 Å². The minimum absolute atomic E-state index is 0.350. The van der Waals surface area contributed by atoms with Crippen LogP contribution in [0.5, 0.6) is 0 Å². The van der Waals surface area contributed by atoms with Crippen molar-refractivity contribution in [2.45, 2.75) is 25.0 Å². The summed E-state index contributed by atoms with van der Waals surface area (Å²) >= 11 is 3.50. The van der Waals surface area contributed by atoms with Crippen molar-refractivity contribution >= 4 is 46.1 Å². The molecule has 4 rings (SSSR count). The molecular weight excluding hydrogens is 484 g/mol. The minimum Gasteiger partial charge on any atom is -0.326 e.